The molecular weight excluding hydrogens is 468 g/mol. The number of halogens is 1. The Labute approximate surface area is 197 Å². The van der Waals surface area contributed by atoms with Crippen LogP contribution in [0.25, 0.3) is 11.1 Å². The van der Waals surface area contributed by atoms with E-state index in [0.717, 1.165) is 46.8 Å². The van der Waals surface area contributed by atoms with Gasteiger partial charge in [0.15, 0.2) is 5.78 Å². The van der Waals surface area contributed by atoms with E-state index in [-0.39, 0.29) is 11.3 Å². The topological polar surface area (TPSA) is 63.6 Å². The molecule has 0 saturated heterocycles. The number of carboxylic acid groups (broad SMARTS) is 1. The van der Waals surface area contributed by atoms with Crippen LogP contribution in [0.3, 0.4) is 0 Å². The van der Waals surface area contributed by atoms with Crippen molar-refractivity contribution in [3.63, 3.8) is 0 Å². The van der Waals surface area contributed by atoms with Gasteiger partial charge >= 0.3 is 5.97 Å². The SMILES string of the molecule is CCCCOc1ccc(Br)cc1C(=O)CCCc1ccc(-c2ccc(C(=O)O)cc2)cc1. The van der Waals surface area contributed by atoms with Gasteiger partial charge in [-0.15, -0.1) is 0 Å². The van der Waals surface area contributed by atoms with Crippen LogP contribution in [0.1, 0.15) is 58.9 Å². The monoisotopic (exact) mass is 494 g/mol. The lowest BCUT2D eigenvalue weighted by Crippen LogP contribution is -2.06. The van der Waals surface area contributed by atoms with Crippen molar-refractivity contribution in [2.75, 3.05) is 6.61 Å². The highest BCUT2D eigenvalue weighted by molar-refractivity contribution is 9.10. The lowest BCUT2D eigenvalue weighted by molar-refractivity contribution is 0.0696. The Morgan fingerprint density at radius 2 is 1.56 bits per heavy atom. The molecule has 0 aliphatic heterocycles. The first-order chi connectivity index (χ1) is 15.5. The minimum absolute atomic E-state index is 0.0907. The van der Waals surface area contributed by atoms with Crippen molar-refractivity contribution < 1.29 is 19.4 Å². The van der Waals surface area contributed by atoms with E-state index in [1.165, 1.54) is 0 Å². The summed E-state index contributed by atoms with van der Waals surface area (Å²) in [4.78, 5) is 23.8. The van der Waals surface area contributed by atoms with Gasteiger partial charge in [-0.05, 0) is 66.3 Å². The van der Waals surface area contributed by atoms with Gasteiger partial charge in [-0.25, -0.2) is 4.79 Å². The number of aryl methyl sites for hydroxylation is 1. The number of unbranched alkanes of at least 4 members (excludes halogenated alkanes) is 1. The van der Waals surface area contributed by atoms with Gasteiger partial charge in [0.1, 0.15) is 5.75 Å². The van der Waals surface area contributed by atoms with Crippen molar-refractivity contribution in [1.82, 2.24) is 0 Å². The molecule has 0 saturated carbocycles. The van der Waals surface area contributed by atoms with Crippen molar-refractivity contribution >= 4 is 27.7 Å². The van der Waals surface area contributed by atoms with E-state index in [4.69, 9.17) is 9.84 Å². The fourth-order valence-corrected chi connectivity index (χ4v) is 3.79. The highest BCUT2D eigenvalue weighted by Crippen LogP contribution is 2.26. The van der Waals surface area contributed by atoms with Gasteiger partial charge in [0, 0.05) is 10.9 Å². The van der Waals surface area contributed by atoms with Crippen LogP contribution in [-0.2, 0) is 6.42 Å². The van der Waals surface area contributed by atoms with Crippen molar-refractivity contribution in [2.24, 2.45) is 0 Å². The summed E-state index contributed by atoms with van der Waals surface area (Å²) in [5.74, 6) is -0.179. The first kappa shape index (κ1) is 23.7. The number of Topliss-reactive ketones (excluding diaryl/α,β-unsaturated/α-hetero) is 1. The minimum Gasteiger partial charge on any atom is -0.493 e. The summed E-state index contributed by atoms with van der Waals surface area (Å²) in [6.45, 7) is 2.72. The van der Waals surface area contributed by atoms with E-state index in [9.17, 15) is 9.59 Å². The van der Waals surface area contributed by atoms with Gasteiger partial charge in [-0.1, -0.05) is 65.7 Å². The Hall–Kier alpha value is -2.92. The van der Waals surface area contributed by atoms with E-state index < -0.39 is 5.97 Å². The number of carbonyl (C=O) groups excluding carboxylic acids is 1. The molecule has 0 atom stereocenters. The molecule has 0 fully saturated rings. The molecular formula is C27H27BrO4. The summed E-state index contributed by atoms with van der Waals surface area (Å²) in [7, 11) is 0. The normalized spacial score (nSPS) is 10.7. The summed E-state index contributed by atoms with van der Waals surface area (Å²) >= 11 is 3.45. The number of hydrogen-bond donors (Lipinski definition) is 1. The molecule has 0 amide bonds. The molecule has 4 nitrogen and oxygen atoms in total. The third kappa shape index (κ3) is 6.54. The molecule has 0 spiro atoms. The molecule has 1 N–H and O–H groups in total. The lowest BCUT2D eigenvalue weighted by Gasteiger charge is -2.11. The molecule has 5 heteroatoms. The van der Waals surface area contributed by atoms with Gasteiger partial charge in [-0.2, -0.15) is 0 Å². The summed E-state index contributed by atoms with van der Waals surface area (Å²) in [5.41, 5.74) is 4.08. The Balaban J connectivity index is 1.57. The number of hydrogen-bond acceptors (Lipinski definition) is 3. The van der Waals surface area contributed by atoms with Crippen LogP contribution in [0.5, 0.6) is 5.75 Å². The maximum Gasteiger partial charge on any atom is 0.335 e. The molecule has 0 aliphatic carbocycles. The molecule has 0 aromatic heterocycles. The summed E-state index contributed by atoms with van der Waals surface area (Å²) in [6, 6.07) is 20.6. The van der Waals surface area contributed by atoms with E-state index in [2.05, 4.69) is 35.0 Å². The molecule has 0 radical (unpaired) electrons. The average Bonchev–Trinajstić information content (AvgIpc) is 2.80. The number of ketones is 1. The Kier molecular flexibility index (Phi) is 8.63. The molecule has 0 aliphatic rings. The first-order valence-electron chi connectivity index (χ1n) is 10.9. The van der Waals surface area contributed by atoms with Gasteiger partial charge < -0.3 is 9.84 Å². The molecule has 3 aromatic rings. The molecule has 32 heavy (non-hydrogen) atoms. The van der Waals surface area contributed by atoms with Crippen LogP contribution in [0, 0.1) is 0 Å². The van der Waals surface area contributed by atoms with E-state index >= 15 is 0 Å². The maximum atomic E-state index is 12.8. The highest BCUT2D eigenvalue weighted by atomic mass is 79.9. The number of ether oxygens (including phenoxy) is 1. The van der Waals surface area contributed by atoms with Gasteiger partial charge in [-0.3, -0.25) is 4.79 Å². The standard InChI is InChI=1S/C27H27BrO4/c1-2-3-17-32-26-16-15-23(28)18-24(26)25(29)6-4-5-19-7-9-20(10-8-19)21-11-13-22(14-12-21)27(30)31/h7-16,18H,2-6,17H2,1H3,(H,30,31). The van der Waals surface area contributed by atoms with Gasteiger partial charge in [0.25, 0.3) is 0 Å². The average molecular weight is 495 g/mol. The Morgan fingerprint density at radius 1 is 0.906 bits per heavy atom. The quantitative estimate of drug-likeness (QED) is 0.226. The summed E-state index contributed by atoms with van der Waals surface area (Å²) in [5, 5.41) is 9.02. The number of carbonyl (C=O) groups is 2. The molecule has 0 unspecified atom stereocenters. The number of carboxylic acids is 1. The first-order valence-corrected chi connectivity index (χ1v) is 11.7. The second-order valence-corrected chi connectivity index (χ2v) is 8.61. The van der Waals surface area contributed by atoms with E-state index in [1.807, 2.05) is 42.5 Å². The highest BCUT2D eigenvalue weighted by Gasteiger charge is 2.13. The fraction of sp³-hybridized carbons (Fsp3) is 0.259. The molecule has 0 heterocycles. The van der Waals surface area contributed by atoms with E-state index in [1.54, 1.807) is 12.1 Å². The third-order valence-electron chi connectivity index (χ3n) is 5.29. The van der Waals surface area contributed by atoms with E-state index in [0.29, 0.717) is 24.3 Å². The molecule has 3 rings (SSSR count). The van der Waals surface area contributed by atoms with Crippen molar-refractivity contribution in [3.8, 4) is 16.9 Å². The lowest BCUT2D eigenvalue weighted by atomic mass is 9.99. The summed E-state index contributed by atoms with van der Waals surface area (Å²) in [6.07, 6.45) is 4.03. The second kappa shape index (κ2) is 11.6. The zero-order valence-corrected chi connectivity index (χ0v) is 19.7. The Bertz CT molecular complexity index is 1060. The third-order valence-corrected chi connectivity index (χ3v) is 5.78. The van der Waals surface area contributed by atoms with Crippen LogP contribution < -0.4 is 4.74 Å². The van der Waals surface area contributed by atoms with Crippen LogP contribution in [0.4, 0.5) is 0 Å². The second-order valence-electron chi connectivity index (χ2n) is 7.70. The van der Waals surface area contributed by atoms with Crippen molar-refractivity contribution in [1.29, 1.82) is 0 Å². The predicted molar refractivity (Wildman–Crippen MR) is 131 cm³/mol. The number of rotatable bonds is 11. The smallest absolute Gasteiger partial charge is 0.335 e. The zero-order chi connectivity index (χ0) is 22.9. The van der Waals surface area contributed by atoms with Crippen molar-refractivity contribution in [3.05, 3.63) is 87.9 Å². The molecule has 0 bridgehead atoms. The van der Waals surface area contributed by atoms with Crippen LogP contribution >= 0.6 is 15.9 Å². The predicted octanol–water partition coefficient (Wildman–Crippen LogP) is 7.20. The summed E-state index contributed by atoms with van der Waals surface area (Å²) < 4.78 is 6.69. The number of benzene rings is 3. The van der Waals surface area contributed by atoms with Crippen LogP contribution in [0.2, 0.25) is 0 Å². The number of aromatic carboxylic acids is 1. The van der Waals surface area contributed by atoms with Crippen LogP contribution in [-0.4, -0.2) is 23.5 Å². The fourth-order valence-electron chi connectivity index (χ4n) is 3.43. The zero-order valence-electron chi connectivity index (χ0n) is 18.1. The largest absolute Gasteiger partial charge is 0.493 e. The van der Waals surface area contributed by atoms with Gasteiger partial charge in [0.05, 0.1) is 17.7 Å². The van der Waals surface area contributed by atoms with Gasteiger partial charge in [0.2, 0.25) is 0 Å². The Morgan fingerprint density at radius 3 is 2.19 bits per heavy atom. The van der Waals surface area contributed by atoms with Crippen molar-refractivity contribution in [2.45, 2.75) is 39.0 Å². The maximum absolute atomic E-state index is 12.8. The minimum atomic E-state index is -0.927. The molecule has 3 aromatic carbocycles. The molecule has 166 valence electrons. The van der Waals surface area contributed by atoms with Crippen LogP contribution in [0.15, 0.2) is 71.2 Å².